The monoisotopic (exact) mass is 226 g/mol. The summed E-state index contributed by atoms with van der Waals surface area (Å²) < 4.78 is 4.17. The van der Waals surface area contributed by atoms with E-state index in [0.29, 0.717) is 0 Å². The van der Waals surface area contributed by atoms with Crippen molar-refractivity contribution in [3.05, 3.63) is 62.3 Å². The zero-order valence-electron chi connectivity index (χ0n) is 7.42. The van der Waals surface area contributed by atoms with Gasteiger partial charge in [-0.3, -0.25) is 9.59 Å². The summed E-state index contributed by atoms with van der Waals surface area (Å²) in [6, 6.07) is 0. The second-order valence-electron chi connectivity index (χ2n) is 3.02. The van der Waals surface area contributed by atoms with Crippen molar-refractivity contribution in [2.45, 2.75) is 6.92 Å². The second-order valence-corrected chi connectivity index (χ2v) is 3.40. The third-order valence-electron chi connectivity index (χ3n) is 2.17. The van der Waals surface area contributed by atoms with Gasteiger partial charge in [0.1, 0.15) is 10.4 Å². The van der Waals surface area contributed by atoms with Gasteiger partial charge >= 0.3 is 11.3 Å². The maximum Gasteiger partial charge on any atom is 0.351 e. The highest BCUT2D eigenvalue weighted by Gasteiger charge is 2.17. The Morgan fingerprint density at radius 2 is 1.40 bits per heavy atom. The summed E-state index contributed by atoms with van der Waals surface area (Å²) in [6.07, 6.45) is 0. The molecule has 5 nitrogen and oxygen atoms in total. The lowest BCUT2D eigenvalue weighted by Gasteiger charge is -1.90. The molecule has 0 atom stereocenters. The Morgan fingerprint density at radius 3 is 1.93 bits per heavy atom. The summed E-state index contributed by atoms with van der Waals surface area (Å²) in [7, 11) is 0. The molecule has 0 saturated heterocycles. The van der Waals surface area contributed by atoms with E-state index in [1.807, 2.05) is 0 Å². The van der Waals surface area contributed by atoms with Gasteiger partial charge in [0.25, 0.3) is 0 Å². The van der Waals surface area contributed by atoms with Crippen LogP contribution in [0.1, 0.15) is 5.56 Å². The van der Waals surface area contributed by atoms with E-state index in [0.717, 1.165) is 0 Å². The van der Waals surface area contributed by atoms with Crippen LogP contribution in [0.25, 0.3) is 0 Å². The second kappa shape index (κ2) is 2.87. The van der Waals surface area contributed by atoms with Crippen LogP contribution in [-0.2, 0) is 0 Å². The molecule has 0 N–H and O–H groups in total. The molecule has 0 aromatic rings. The maximum atomic E-state index is 11.5. The van der Waals surface area contributed by atoms with Crippen molar-refractivity contribution in [1.82, 2.24) is 0 Å². The first-order chi connectivity index (χ1) is 6.95. The summed E-state index contributed by atoms with van der Waals surface area (Å²) in [6.45, 7) is 1.31. The van der Waals surface area contributed by atoms with E-state index >= 15 is 0 Å². The first-order valence-electron chi connectivity index (χ1n) is 3.91. The van der Waals surface area contributed by atoms with Gasteiger partial charge < -0.3 is 4.42 Å². The molecule has 1 aliphatic carbocycles. The van der Waals surface area contributed by atoms with Gasteiger partial charge in [-0.05, 0) is 6.92 Å². The van der Waals surface area contributed by atoms with Crippen LogP contribution < -0.4 is 22.1 Å². The quantitative estimate of drug-likeness (QED) is 0.592. The molecule has 0 saturated carbocycles. The lowest BCUT2D eigenvalue weighted by atomic mass is 10.2. The van der Waals surface area contributed by atoms with Gasteiger partial charge in [-0.15, -0.1) is 0 Å². The van der Waals surface area contributed by atoms with Crippen molar-refractivity contribution < 1.29 is 4.42 Å². The summed E-state index contributed by atoms with van der Waals surface area (Å²) in [4.78, 5) is 45.1. The van der Waals surface area contributed by atoms with Gasteiger partial charge in [-0.25, -0.2) is 9.59 Å². The molecule has 2 rings (SSSR count). The molecule has 76 valence electrons. The topological polar surface area (TPSA) is 81.4 Å². The van der Waals surface area contributed by atoms with Gasteiger partial charge in [-0.1, -0.05) is 11.6 Å². The molecule has 0 spiro atoms. The molecule has 0 bridgehead atoms. The summed E-state index contributed by atoms with van der Waals surface area (Å²) in [5.41, 5.74) is -3.81. The molecule has 2 aliphatic rings. The Bertz CT molecular complexity index is 740. The molecule has 6 heteroatoms. The Morgan fingerprint density at radius 1 is 0.933 bits per heavy atom. The van der Waals surface area contributed by atoms with Crippen molar-refractivity contribution in [1.29, 1.82) is 0 Å². The molecule has 1 aliphatic heterocycles. The van der Waals surface area contributed by atoms with E-state index in [1.54, 1.807) is 0 Å². The third kappa shape index (κ3) is 1.10. The molecule has 0 aromatic carbocycles. The Balaban J connectivity index is 3.54. The first kappa shape index (κ1) is 9.79. The van der Waals surface area contributed by atoms with Crippen molar-refractivity contribution in [3.63, 3.8) is 0 Å². The average Bonchev–Trinajstić information content (AvgIpc) is 2.47. The molecule has 0 radical (unpaired) electrons. The van der Waals surface area contributed by atoms with Crippen molar-refractivity contribution in [2.75, 3.05) is 0 Å². The molecule has 1 heterocycles. The van der Waals surface area contributed by atoms with Crippen LogP contribution in [-0.4, -0.2) is 0 Å². The van der Waals surface area contributed by atoms with Crippen LogP contribution in [0.15, 0.2) is 23.6 Å². The normalized spacial score (nSPS) is 11.1. The first-order valence-corrected chi connectivity index (χ1v) is 4.29. The minimum absolute atomic E-state index is 0.0490. The van der Waals surface area contributed by atoms with Gasteiger partial charge in [0, 0.05) is 5.56 Å². The van der Waals surface area contributed by atoms with Crippen LogP contribution in [0.5, 0.6) is 0 Å². The lowest BCUT2D eigenvalue weighted by molar-refractivity contribution is 0.488. The van der Waals surface area contributed by atoms with Crippen LogP contribution in [0.2, 0.25) is 5.02 Å². The van der Waals surface area contributed by atoms with E-state index in [4.69, 9.17) is 11.6 Å². The molecule has 0 amide bonds. The third-order valence-corrected chi connectivity index (χ3v) is 2.62. The molecule has 15 heavy (non-hydrogen) atoms. The van der Waals surface area contributed by atoms with Gasteiger partial charge in [0.15, 0.2) is 5.43 Å². The van der Waals surface area contributed by atoms with Crippen molar-refractivity contribution >= 4 is 11.6 Å². The summed E-state index contributed by atoms with van der Waals surface area (Å²) >= 11 is 5.55. The number of halogens is 1. The zero-order chi connectivity index (χ0) is 11.3. The fourth-order valence-corrected chi connectivity index (χ4v) is 1.55. The molecular weight excluding hydrogens is 224 g/mol. The summed E-state index contributed by atoms with van der Waals surface area (Å²) in [5.74, 6) is 0. The van der Waals surface area contributed by atoms with Crippen LogP contribution in [0.4, 0.5) is 0 Å². The zero-order valence-corrected chi connectivity index (χ0v) is 8.18. The molecule has 0 fully saturated rings. The molecule has 0 unspecified atom stereocenters. The predicted molar refractivity (Wildman–Crippen MR) is 51.2 cm³/mol. The van der Waals surface area contributed by atoms with Crippen LogP contribution >= 0.6 is 11.6 Å². The fraction of sp³-hybridized carbons (Fsp3) is 0.111. The fourth-order valence-electron chi connectivity index (χ4n) is 1.37. The Hall–Kier alpha value is -1.75. The highest BCUT2D eigenvalue weighted by Crippen LogP contribution is 2.03. The van der Waals surface area contributed by atoms with Gasteiger partial charge in [0.2, 0.25) is 5.43 Å². The predicted octanol–water partition coefficient (Wildman–Crippen LogP) is -0.717. The van der Waals surface area contributed by atoms with E-state index in [2.05, 4.69) is 4.42 Å². The van der Waals surface area contributed by atoms with E-state index in [9.17, 15) is 19.2 Å². The highest BCUT2D eigenvalue weighted by atomic mass is 35.5. The molecule has 0 aromatic heterocycles. The Kier molecular flexibility index (Phi) is 1.87. The number of hydrogen-bond donors (Lipinski definition) is 0. The molecular formula is C9H3ClO5. The minimum Gasteiger partial charge on any atom is -0.385 e. The highest BCUT2D eigenvalue weighted by molar-refractivity contribution is 6.31. The Labute approximate surface area is 85.9 Å². The smallest absolute Gasteiger partial charge is 0.351 e. The maximum absolute atomic E-state index is 11.5. The lowest BCUT2D eigenvalue weighted by Crippen LogP contribution is -2.22. The number of hydrogen-bond acceptors (Lipinski definition) is 5. The summed E-state index contributed by atoms with van der Waals surface area (Å²) in [5, 5.41) is -1.40. The van der Waals surface area contributed by atoms with E-state index in [1.165, 1.54) is 6.92 Å². The van der Waals surface area contributed by atoms with E-state index in [-0.39, 0.29) is 10.6 Å². The minimum atomic E-state index is -1.11. The largest absolute Gasteiger partial charge is 0.385 e. The van der Waals surface area contributed by atoms with Crippen molar-refractivity contribution in [3.8, 4) is 0 Å². The van der Waals surface area contributed by atoms with Crippen LogP contribution in [0.3, 0.4) is 0 Å². The van der Waals surface area contributed by atoms with Gasteiger partial charge in [-0.2, -0.15) is 0 Å². The van der Waals surface area contributed by atoms with E-state index < -0.39 is 32.5 Å². The van der Waals surface area contributed by atoms with Crippen LogP contribution in [0, 0.1) is 17.4 Å². The standard InChI is InChI=1S/C9H3ClO5/c1-2-5(10)7(12)4-3(6(2)11)8(13)15-9(4)14/h1H3. The van der Waals surface area contributed by atoms with Gasteiger partial charge in [0.05, 0.1) is 5.02 Å². The van der Waals surface area contributed by atoms with Crippen molar-refractivity contribution in [2.24, 2.45) is 0 Å². The number of rotatable bonds is 0. The average molecular weight is 227 g/mol. The SMILES string of the molecule is Cc1c(Cl)c(=O)c2c(=O)oc(=O)c=2c1=O.